The Morgan fingerprint density at radius 3 is 2.40 bits per heavy atom. The summed E-state index contributed by atoms with van der Waals surface area (Å²) in [6, 6.07) is -0.418. The number of nitrogens with two attached hydrogens (primary N) is 1. The first-order valence-corrected chi connectivity index (χ1v) is 6.14. The summed E-state index contributed by atoms with van der Waals surface area (Å²) in [5, 5.41) is 0. The molecule has 0 saturated carbocycles. The van der Waals surface area contributed by atoms with Crippen LogP contribution in [0.15, 0.2) is 0 Å². The van der Waals surface area contributed by atoms with Crippen LogP contribution < -0.4 is 5.73 Å². The van der Waals surface area contributed by atoms with Crippen molar-refractivity contribution >= 4 is 5.97 Å². The summed E-state index contributed by atoms with van der Waals surface area (Å²) in [4.78, 5) is 11.3. The van der Waals surface area contributed by atoms with E-state index in [0.717, 1.165) is 19.3 Å². The quantitative estimate of drug-likeness (QED) is 0.475. The monoisotopic (exact) mass is 215 g/mol. The van der Waals surface area contributed by atoms with Gasteiger partial charge >= 0.3 is 5.97 Å². The van der Waals surface area contributed by atoms with Gasteiger partial charge in [0.25, 0.3) is 0 Å². The average molecular weight is 215 g/mol. The minimum Gasteiger partial charge on any atom is -0.465 e. The van der Waals surface area contributed by atoms with E-state index in [4.69, 9.17) is 10.5 Å². The molecule has 0 spiro atoms. The number of rotatable bonds is 9. The maximum absolute atomic E-state index is 11.3. The predicted octanol–water partition coefficient (Wildman–Crippen LogP) is 2.63. The summed E-state index contributed by atoms with van der Waals surface area (Å²) in [6.07, 6.45) is 7.57. The minimum atomic E-state index is -0.418. The van der Waals surface area contributed by atoms with Crippen molar-refractivity contribution in [1.82, 2.24) is 0 Å². The van der Waals surface area contributed by atoms with Crippen LogP contribution in [0.4, 0.5) is 0 Å². The number of carbonyl (C=O) groups excluding carboxylic acids is 1. The molecule has 0 aliphatic rings. The summed E-state index contributed by atoms with van der Waals surface area (Å²) in [5.74, 6) is -0.243. The van der Waals surface area contributed by atoms with Gasteiger partial charge in [-0.15, -0.1) is 0 Å². The largest absolute Gasteiger partial charge is 0.465 e. The Bertz CT molecular complexity index is 160. The molecule has 1 unspecified atom stereocenters. The van der Waals surface area contributed by atoms with Crippen LogP contribution in [0.3, 0.4) is 0 Å². The van der Waals surface area contributed by atoms with Crippen LogP contribution in [0.2, 0.25) is 0 Å². The molecule has 0 aliphatic carbocycles. The SMILES string of the molecule is CCCCCCCC(N)C(=O)OCCC. The van der Waals surface area contributed by atoms with E-state index in [9.17, 15) is 4.79 Å². The van der Waals surface area contributed by atoms with Gasteiger partial charge in [0.1, 0.15) is 6.04 Å². The Morgan fingerprint density at radius 2 is 1.80 bits per heavy atom. The number of carbonyl (C=O) groups is 1. The molecule has 3 heteroatoms. The van der Waals surface area contributed by atoms with Crippen molar-refractivity contribution in [1.29, 1.82) is 0 Å². The highest BCUT2D eigenvalue weighted by Crippen LogP contribution is 2.07. The third-order valence-electron chi connectivity index (χ3n) is 2.37. The summed E-state index contributed by atoms with van der Waals surface area (Å²) in [6.45, 7) is 4.65. The molecule has 0 rings (SSSR count). The molecule has 1 atom stereocenters. The van der Waals surface area contributed by atoms with Gasteiger partial charge in [0.2, 0.25) is 0 Å². The van der Waals surface area contributed by atoms with E-state index in [1.807, 2.05) is 6.92 Å². The van der Waals surface area contributed by atoms with Crippen molar-refractivity contribution in [2.24, 2.45) is 5.73 Å². The molecular formula is C12H25NO2. The first kappa shape index (κ1) is 14.4. The molecular weight excluding hydrogens is 190 g/mol. The third-order valence-corrected chi connectivity index (χ3v) is 2.37. The molecule has 0 heterocycles. The van der Waals surface area contributed by atoms with Crippen molar-refractivity contribution in [3.05, 3.63) is 0 Å². The van der Waals surface area contributed by atoms with E-state index < -0.39 is 6.04 Å². The second-order valence-electron chi connectivity index (χ2n) is 3.98. The zero-order chi connectivity index (χ0) is 11.5. The second kappa shape index (κ2) is 9.97. The van der Waals surface area contributed by atoms with Crippen LogP contribution in [-0.4, -0.2) is 18.6 Å². The zero-order valence-corrected chi connectivity index (χ0v) is 10.1. The first-order chi connectivity index (χ1) is 7.22. The highest BCUT2D eigenvalue weighted by Gasteiger charge is 2.13. The van der Waals surface area contributed by atoms with Crippen molar-refractivity contribution in [3.8, 4) is 0 Å². The molecule has 0 radical (unpaired) electrons. The van der Waals surface area contributed by atoms with Gasteiger partial charge in [0, 0.05) is 0 Å². The van der Waals surface area contributed by atoms with Crippen LogP contribution in [0.25, 0.3) is 0 Å². The lowest BCUT2D eigenvalue weighted by Crippen LogP contribution is -2.32. The fourth-order valence-electron chi connectivity index (χ4n) is 1.40. The fraction of sp³-hybridized carbons (Fsp3) is 0.917. The predicted molar refractivity (Wildman–Crippen MR) is 62.6 cm³/mol. The first-order valence-electron chi connectivity index (χ1n) is 6.14. The smallest absolute Gasteiger partial charge is 0.322 e. The lowest BCUT2D eigenvalue weighted by atomic mass is 10.1. The molecule has 0 aliphatic heterocycles. The molecule has 0 amide bonds. The van der Waals surface area contributed by atoms with Crippen LogP contribution >= 0.6 is 0 Å². The highest BCUT2D eigenvalue weighted by atomic mass is 16.5. The lowest BCUT2D eigenvalue weighted by Gasteiger charge is -2.10. The second-order valence-corrected chi connectivity index (χ2v) is 3.98. The van der Waals surface area contributed by atoms with E-state index >= 15 is 0 Å². The van der Waals surface area contributed by atoms with Gasteiger partial charge < -0.3 is 10.5 Å². The van der Waals surface area contributed by atoms with Gasteiger partial charge in [-0.3, -0.25) is 4.79 Å². The fourth-order valence-corrected chi connectivity index (χ4v) is 1.40. The van der Waals surface area contributed by atoms with Gasteiger partial charge in [-0.25, -0.2) is 0 Å². The molecule has 0 aromatic heterocycles. The topological polar surface area (TPSA) is 52.3 Å². The van der Waals surface area contributed by atoms with E-state index in [2.05, 4.69) is 6.92 Å². The van der Waals surface area contributed by atoms with Gasteiger partial charge in [-0.05, 0) is 12.8 Å². The Kier molecular flexibility index (Phi) is 9.59. The molecule has 0 aromatic rings. The molecule has 15 heavy (non-hydrogen) atoms. The van der Waals surface area contributed by atoms with Crippen molar-refractivity contribution in [2.45, 2.75) is 64.8 Å². The van der Waals surface area contributed by atoms with E-state index in [-0.39, 0.29) is 5.97 Å². The standard InChI is InChI=1S/C12H25NO2/c1-3-5-6-7-8-9-11(13)12(14)15-10-4-2/h11H,3-10,13H2,1-2H3. The van der Waals surface area contributed by atoms with E-state index in [1.165, 1.54) is 25.7 Å². The zero-order valence-electron chi connectivity index (χ0n) is 10.1. The molecule has 0 fully saturated rings. The molecule has 0 saturated heterocycles. The Hall–Kier alpha value is -0.570. The average Bonchev–Trinajstić information content (AvgIpc) is 2.25. The highest BCUT2D eigenvalue weighted by molar-refractivity contribution is 5.75. The normalized spacial score (nSPS) is 12.5. The third kappa shape index (κ3) is 8.43. The lowest BCUT2D eigenvalue weighted by molar-refractivity contribution is -0.145. The maximum Gasteiger partial charge on any atom is 0.322 e. The minimum absolute atomic E-state index is 0.243. The van der Waals surface area contributed by atoms with E-state index in [1.54, 1.807) is 0 Å². The number of ether oxygens (including phenoxy) is 1. The van der Waals surface area contributed by atoms with Gasteiger partial charge in [0.15, 0.2) is 0 Å². The van der Waals surface area contributed by atoms with Gasteiger partial charge in [0.05, 0.1) is 6.61 Å². The summed E-state index contributed by atoms with van der Waals surface area (Å²) < 4.78 is 4.97. The number of unbranched alkanes of at least 4 members (excludes halogenated alkanes) is 4. The van der Waals surface area contributed by atoms with Crippen molar-refractivity contribution in [3.63, 3.8) is 0 Å². The summed E-state index contributed by atoms with van der Waals surface area (Å²) >= 11 is 0. The number of hydrogen-bond acceptors (Lipinski definition) is 3. The molecule has 2 N–H and O–H groups in total. The van der Waals surface area contributed by atoms with Gasteiger partial charge in [-0.1, -0.05) is 46.0 Å². The molecule has 0 aromatic carbocycles. The van der Waals surface area contributed by atoms with E-state index in [0.29, 0.717) is 6.61 Å². The molecule has 3 nitrogen and oxygen atoms in total. The number of esters is 1. The van der Waals surface area contributed by atoms with Crippen LogP contribution in [0.1, 0.15) is 58.8 Å². The Morgan fingerprint density at radius 1 is 1.13 bits per heavy atom. The summed E-state index contributed by atoms with van der Waals surface area (Å²) in [5.41, 5.74) is 5.70. The van der Waals surface area contributed by atoms with Crippen LogP contribution in [0.5, 0.6) is 0 Å². The summed E-state index contributed by atoms with van der Waals surface area (Å²) in [7, 11) is 0. The van der Waals surface area contributed by atoms with Gasteiger partial charge in [-0.2, -0.15) is 0 Å². The van der Waals surface area contributed by atoms with Crippen molar-refractivity contribution in [2.75, 3.05) is 6.61 Å². The van der Waals surface area contributed by atoms with Crippen molar-refractivity contribution < 1.29 is 9.53 Å². The van der Waals surface area contributed by atoms with Crippen LogP contribution in [0, 0.1) is 0 Å². The Labute approximate surface area is 93.4 Å². The maximum atomic E-state index is 11.3. The number of hydrogen-bond donors (Lipinski definition) is 1. The van der Waals surface area contributed by atoms with Crippen LogP contribution in [-0.2, 0) is 9.53 Å². The molecule has 90 valence electrons. The molecule has 0 bridgehead atoms. The Balaban J connectivity index is 3.38.